The number of benzene rings is 1. The zero-order chi connectivity index (χ0) is 12.7. The molecule has 0 aliphatic rings. The highest BCUT2D eigenvalue weighted by atomic mass is 16.5. The van der Waals surface area contributed by atoms with Crippen molar-refractivity contribution in [2.75, 3.05) is 0 Å². The predicted molar refractivity (Wildman–Crippen MR) is 67.7 cm³/mol. The molecule has 1 aromatic rings. The van der Waals surface area contributed by atoms with Gasteiger partial charge in [-0.1, -0.05) is 44.2 Å². The second-order valence-electron chi connectivity index (χ2n) is 4.26. The van der Waals surface area contributed by atoms with Gasteiger partial charge in [-0.2, -0.15) is 0 Å². The molecule has 0 heterocycles. The Hall–Kier alpha value is -1.84. The van der Waals surface area contributed by atoms with E-state index >= 15 is 0 Å². The van der Waals surface area contributed by atoms with Gasteiger partial charge in [-0.3, -0.25) is 4.79 Å². The molecule has 17 heavy (non-hydrogen) atoms. The molecule has 1 N–H and O–H groups in total. The fourth-order valence-electron chi connectivity index (χ4n) is 1.48. The third-order valence-electron chi connectivity index (χ3n) is 2.49. The van der Waals surface area contributed by atoms with Gasteiger partial charge in [-0.15, -0.1) is 0 Å². The Morgan fingerprint density at radius 3 is 2.53 bits per heavy atom. The molecule has 0 radical (unpaired) electrons. The number of hydrogen-bond donors (Lipinski definition) is 1. The zero-order valence-electron chi connectivity index (χ0n) is 10.2. The van der Waals surface area contributed by atoms with Crippen LogP contribution in [0.15, 0.2) is 30.3 Å². The third-order valence-corrected chi connectivity index (χ3v) is 2.49. The lowest BCUT2D eigenvalue weighted by Gasteiger charge is -2.15. The SMILES string of the molecule is CC(C)[C@@H](/C=[N+](\[O-])Cc1ccccc1)NC=O. The average Bonchev–Trinajstić information content (AvgIpc) is 2.29. The van der Waals surface area contributed by atoms with Crippen molar-refractivity contribution < 1.29 is 9.53 Å². The van der Waals surface area contributed by atoms with E-state index in [1.807, 2.05) is 44.2 Å². The normalized spacial score (nSPS) is 13.5. The molecule has 1 amide bonds. The quantitative estimate of drug-likeness (QED) is 0.267. The molecule has 92 valence electrons. The largest absolute Gasteiger partial charge is 0.624 e. The van der Waals surface area contributed by atoms with Crippen LogP contribution in [0.5, 0.6) is 0 Å². The number of carbonyl (C=O) groups is 1. The number of rotatable bonds is 6. The standard InChI is InChI=1S/C13H18N2O2/c1-11(2)13(14-10-16)9-15(17)8-12-6-4-3-5-7-12/h3-7,9-11,13H,8H2,1-2H3,(H,14,16)/b15-9-/t13-/m1/s1. The zero-order valence-corrected chi connectivity index (χ0v) is 10.2. The van der Waals surface area contributed by atoms with Gasteiger partial charge < -0.3 is 10.5 Å². The van der Waals surface area contributed by atoms with Crippen LogP contribution in [0, 0.1) is 11.1 Å². The summed E-state index contributed by atoms with van der Waals surface area (Å²) in [6.45, 7) is 4.20. The first kappa shape index (κ1) is 13.2. The summed E-state index contributed by atoms with van der Waals surface area (Å²) in [6.07, 6.45) is 2.13. The maximum absolute atomic E-state index is 11.7. The highest BCUT2D eigenvalue weighted by Gasteiger charge is 2.13. The van der Waals surface area contributed by atoms with Gasteiger partial charge in [0.2, 0.25) is 6.41 Å². The number of hydroxylamine groups is 1. The molecule has 0 fully saturated rings. The average molecular weight is 234 g/mol. The Kier molecular flexibility index (Phi) is 5.20. The third kappa shape index (κ3) is 4.68. The first-order valence-electron chi connectivity index (χ1n) is 5.66. The van der Waals surface area contributed by atoms with Crippen LogP contribution < -0.4 is 5.32 Å². The minimum Gasteiger partial charge on any atom is -0.624 e. The molecular weight excluding hydrogens is 216 g/mol. The van der Waals surface area contributed by atoms with Crippen molar-refractivity contribution in [3.8, 4) is 0 Å². The second kappa shape index (κ2) is 6.68. The maximum Gasteiger partial charge on any atom is 0.207 e. The number of amides is 1. The number of nitrogens with zero attached hydrogens (tertiary/aromatic N) is 1. The summed E-state index contributed by atoms with van der Waals surface area (Å²) in [6, 6.07) is 9.27. The maximum atomic E-state index is 11.7. The highest BCUT2D eigenvalue weighted by Crippen LogP contribution is 2.02. The van der Waals surface area contributed by atoms with Gasteiger partial charge in [0, 0.05) is 5.56 Å². The molecule has 0 saturated heterocycles. The van der Waals surface area contributed by atoms with E-state index in [0.717, 1.165) is 10.3 Å². The van der Waals surface area contributed by atoms with Crippen molar-refractivity contribution in [1.29, 1.82) is 0 Å². The lowest BCUT2D eigenvalue weighted by atomic mass is 10.1. The van der Waals surface area contributed by atoms with E-state index in [9.17, 15) is 10.0 Å². The smallest absolute Gasteiger partial charge is 0.207 e. The van der Waals surface area contributed by atoms with E-state index in [1.165, 1.54) is 6.21 Å². The van der Waals surface area contributed by atoms with Gasteiger partial charge in [-0.25, -0.2) is 4.74 Å². The Bertz CT molecular complexity index is 374. The van der Waals surface area contributed by atoms with Gasteiger partial charge >= 0.3 is 0 Å². The van der Waals surface area contributed by atoms with Crippen molar-refractivity contribution in [2.45, 2.75) is 26.4 Å². The fraction of sp³-hybridized carbons (Fsp3) is 0.385. The van der Waals surface area contributed by atoms with Crippen molar-refractivity contribution in [3.63, 3.8) is 0 Å². The molecule has 0 bridgehead atoms. The molecule has 0 unspecified atom stereocenters. The number of carbonyl (C=O) groups excluding carboxylic acids is 1. The number of hydrogen-bond acceptors (Lipinski definition) is 2. The molecule has 1 aromatic carbocycles. The molecule has 0 aliphatic carbocycles. The van der Waals surface area contributed by atoms with Crippen LogP contribution >= 0.6 is 0 Å². The van der Waals surface area contributed by atoms with Gasteiger partial charge in [-0.05, 0) is 5.92 Å². The van der Waals surface area contributed by atoms with Crippen LogP contribution in [0.4, 0.5) is 0 Å². The minimum absolute atomic E-state index is 0.187. The molecule has 0 aliphatic heterocycles. The van der Waals surface area contributed by atoms with Gasteiger partial charge in [0.25, 0.3) is 0 Å². The van der Waals surface area contributed by atoms with E-state index in [1.54, 1.807) is 0 Å². The van der Waals surface area contributed by atoms with Gasteiger partial charge in [0.15, 0.2) is 12.8 Å². The van der Waals surface area contributed by atoms with Crippen LogP contribution in [0.1, 0.15) is 19.4 Å². The first-order chi connectivity index (χ1) is 8.13. The molecule has 0 aromatic heterocycles. The Morgan fingerprint density at radius 1 is 1.35 bits per heavy atom. The Labute approximate surface area is 102 Å². The van der Waals surface area contributed by atoms with Crippen molar-refractivity contribution in [3.05, 3.63) is 41.1 Å². The lowest BCUT2D eigenvalue weighted by Crippen LogP contribution is -2.36. The summed E-state index contributed by atoms with van der Waals surface area (Å²) < 4.78 is 0.858. The van der Waals surface area contributed by atoms with Gasteiger partial charge in [0.05, 0.1) is 0 Å². The topological polar surface area (TPSA) is 55.2 Å². The van der Waals surface area contributed by atoms with E-state index in [4.69, 9.17) is 0 Å². The van der Waals surface area contributed by atoms with Crippen LogP contribution in [-0.2, 0) is 11.3 Å². The van der Waals surface area contributed by atoms with Crippen molar-refractivity contribution >= 4 is 12.6 Å². The van der Waals surface area contributed by atoms with E-state index < -0.39 is 0 Å². The Morgan fingerprint density at radius 2 is 2.00 bits per heavy atom. The van der Waals surface area contributed by atoms with Crippen LogP contribution in [0.3, 0.4) is 0 Å². The molecule has 1 rings (SSSR count). The second-order valence-corrected chi connectivity index (χ2v) is 4.26. The molecule has 1 atom stereocenters. The predicted octanol–water partition coefficient (Wildman–Crippen LogP) is 1.54. The minimum atomic E-state index is -0.228. The lowest BCUT2D eigenvalue weighted by molar-refractivity contribution is -0.471. The van der Waals surface area contributed by atoms with Crippen molar-refractivity contribution in [2.24, 2.45) is 5.92 Å². The summed E-state index contributed by atoms with van der Waals surface area (Å²) in [5, 5.41) is 14.3. The molecule has 0 saturated carbocycles. The van der Waals surface area contributed by atoms with E-state index in [-0.39, 0.29) is 12.0 Å². The summed E-state index contributed by atoms with van der Waals surface area (Å²) in [5.74, 6) is 0.187. The summed E-state index contributed by atoms with van der Waals surface area (Å²) in [7, 11) is 0. The Balaban J connectivity index is 2.67. The van der Waals surface area contributed by atoms with Gasteiger partial charge in [0.1, 0.15) is 6.04 Å². The summed E-state index contributed by atoms with van der Waals surface area (Å²) >= 11 is 0. The summed E-state index contributed by atoms with van der Waals surface area (Å²) in [5.41, 5.74) is 0.951. The van der Waals surface area contributed by atoms with Crippen molar-refractivity contribution in [1.82, 2.24) is 5.32 Å². The number of nitrogens with one attached hydrogen (secondary N) is 1. The molecule has 4 nitrogen and oxygen atoms in total. The molecule has 4 heteroatoms. The van der Waals surface area contributed by atoms with Crippen LogP contribution in [0.25, 0.3) is 0 Å². The van der Waals surface area contributed by atoms with E-state index in [0.29, 0.717) is 13.0 Å². The fourth-order valence-corrected chi connectivity index (χ4v) is 1.48. The monoisotopic (exact) mass is 234 g/mol. The first-order valence-corrected chi connectivity index (χ1v) is 5.66. The molecule has 0 spiro atoms. The van der Waals surface area contributed by atoms with E-state index in [2.05, 4.69) is 5.32 Å². The molecular formula is C13H18N2O2. The highest BCUT2D eigenvalue weighted by molar-refractivity contribution is 5.64. The van der Waals surface area contributed by atoms with Crippen LogP contribution in [0.2, 0.25) is 0 Å². The van der Waals surface area contributed by atoms with Crippen LogP contribution in [-0.4, -0.2) is 23.4 Å². The summed E-state index contributed by atoms with van der Waals surface area (Å²) in [4.78, 5) is 10.4.